The number of carbonyl (C=O) groups is 2. The number of carbonyl (C=O) groups excluding carboxylic acids is 2. The first-order valence-electron chi connectivity index (χ1n) is 6.93. The van der Waals surface area contributed by atoms with E-state index in [-0.39, 0.29) is 17.7 Å². The zero-order valence-electron chi connectivity index (χ0n) is 11.9. The monoisotopic (exact) mass is 275 g/mol. The maximum absolute atomic E-state index is 11.9. The van der Waals surface area contributed by atoms with E-state index in [1.165, 1.54) is 0 Å². The van der Waals surface area contributed by atoms with Crippen molar-refractivity contribution in [2.24, 2.45) is 11.7 Å². The third-order valence-corrected chi connectivity index (χ3v) is 3.61. The highest BCUT2D eigenvalue weighted by molar-refractivity contribution is 5.98. The van der Waals surface area contributed by atoms with E-state index in [0.717, 1.165) is 18.5 Å². The lowest BCUT2D eigenvalue weighted by atomic mass is 9.99. The Kier molecular flexibility index (Phi) is 4.09. The van der Waals surface area contributed by atoms with E-state index < -0.39 is 5.54 Å². The van der Waals surface area contributed by atoms with Crippen LogP contribution in [0.1, 0.15) is 33.1 Å². The number of anilines is 2. The molecule has 108 valence electrons. The fourth-order valence-corrected chi connectivity index (χ4v) is 1.66. The van der Waals surface area contributed by atoms with Crippen LogP contribution in [0.25, 0.3) is 0 Å². The number of hydrogen-bond donors (Lipinski definition) is 3. The normalized spacial score (nSPS) is 17.1. The highest BCUT2D eigenvalue weighted by Gasteiger charge is 2.29. The van der Waals surface area contributed by atoms with Crippen molar-refractivity contribution in [2.75, 3.05) is 10.6 Å². The molecule has 4 N–H and O–H groups in total. The van der Waals surface area contributed by atoms with E-state index in [1.54, 1.807) is 31.2 Å². The molecule has 1 fully saturated rings. The van der Waals surface area contributed by atoms with Crippen LogP contribution in [0.2, 0.25) is 0 Å². The summed E-state index contributed by atoms with van der Waals surface area (Å²) in [6.07, 6.45) is 2.52. The predicted molar refractivity (Wildman–Crippen MR) is 79.3 cm³/mol. The van der Waals surface area contributed by atoms with Gasteiger partial charge in [0.25, 0.3) is 0 Å². The highest BCUT2D eigenvalue weighted by Crippen LogP contribution is 2.30. The lowest BCUT2D eigenvalue weighted by molar-refractivity contribution is -0.120. The van der Waals surface area contributed by atoms with Crippen LogP contribution in [0, 0.1) is 5.92 Å². The van der Waals surface area contributed by atoms with E-state index in [0.29, 0.717) is 12.1 Å². The Morgan fingerprint density at radius 1 is 1.20 bits per heavy atom. The third kappa shape index (κ3) is 3.57. The molecular weight excluding hydrogens is 254 g/mol. The van der Waals surface area contributed by atoms with Crippen molar-refractivity contribution in [1.29, 1.82) is 0 Å². The molecule has 2 rings (SSSR count). The van der Waals surface area contributed by atoms with Crippen molar-refractivity contribution >= 4 is 23.2 Å². The van der Waals surface area contributed by atoms with Crippen molar-refractivity contribution in [2.45, 2.75) is 38.6 Å². The second kappa shape index (κ2) is 5.63. The quantitative estimate of drug-likeness (QED) is 0.769. The summed E-state index contributed by atoms with van der Waals surface area (Å²) in [5.74, 6) is 0.0361. The van der Waals surface area contributed by atoms with Gasteiger partial charge < -0.3 is 16.4 Å². The largest absolute Gasteiger partial charge is 0.326 e. The molecule has 20 heavy (non-hydrogen) atoms. The molecule has 0 radical (unpaired) electrons. The molecule has 0 aliphatic heterocycles. The molecule has 1 aliphatic carbocycles. The first-order chi connectivity index (χ1) is 9.42. The Balaban J connectivity index is 1.94. The minimum Gasteiger partial charge on any atom is -0.326 e. The van der Waals surface area contributed by atoms with Gasteiger partial charge in [0.1, 0.15) is 0 Å². The molecule has 5 heteroatoms. The third-order valence-electron chi connectivity index (χ3n) is 3.61. The van der Waals surface area contributed by atoms with Crippen molar-refractivity contribution in [1.82, 2.24) is 0 Å². The number of amides is 2. The van der Waals surface area contributed by atoms with Crippen LogP contribution in [0.15, 0.2) is 24.3 Å². The minimum absolute atomic E-state index is 0.0716. The van der Waals surface area contributed by atoms with E-state index in [4.69, 9.17) is 5.73 Å². The van der Waals surface area contributed by atoms with Gasteiger partial charge in [0.2, 0.25) is 11.8 Å². The highest BCUT2D eigenvalue weighted by atomic mass is 16.2. The Morgan fingerprint density at radius 3 is 2.15 bits per heavy atom. The lowest BCUT2D eigenvalue weighted by Crippen LogP contribution is -2.47. The number of benzene rings is 1. The predicted octanol–water partition coefficient (Wildman–Crippen LogP) is 2.10. The number of rotatable bonds is 5. The number of nitrogens with two attached hydrogens (primary N) is 1. The number of hydrogen-bond acceptors (Lipinski definition) is 3. The van der Waals surface area contributed by atoms with Crippen LogP contribution >= 0.6 is 0 Å². The smallest absolute Gasteiger partial charge is 0.244 e. The molecule has 0 aromatic heterocycles. The lowest BCUT2D eigenvalue weighted by Gasteiger charge is -2.21. The average Bonchev–Trinajstić information content (AvgIpc) is 3.25. The van der Waals surface area contributed by atoms with E-state index in [9.17, 15) is 9.59 Å². The molecule has 2 amide bonds. The molecule has 1 aromatic carbocycles. The summed E-state index contributed by atoms with van der Waals surface area (Å²) in [4.78, 5) is 23.5. The van der Waals surface area contributed by atoms with Gasteiger partial charge >= 0.3 is 0 Å². The van der Waals surface area contributed by atoms with Gasteiger partial charge in [-0.25, -0.2) is 0 Å². The van der Waals surface area contributed by atoms with E-state index >= 15 is 0 Å². The van der Waals surface area contributed by atoms with Crippen LogP contribution in [0.4, 0.5) is 11.4 Å². The van der Waals surface area contributed by atoms with Crippen LogP contribution in [-0.2, 0) is 9.59 Å². The molecule has 0 saturated heterocycles. The van der Waals surface area contributed by atoms with Crippen LogP contribution in [0.3, 0.4) is 0 Å². The standard InChI is InChI=1S/C15H21N3O2/c1-3-15(2,16)14(20)18-12-8-6-11(7-9-12)17-13(19)10-4-5-10/h6-10H,3-5,16H2,1-2H3,(H,17,19)(H,18,20). The Morgan fingerprint density at radius 2 is 1.70 bits per heavy atom. The second-order valence-corrected chi connectivity index (χ2v) is 5.57. The molecule has 0 heterocycles. The maximum Gasteiger partial charge on any atom is 0.244 e. The Bertz CT molecular complexity index is 504. The van der Waals surface area contributed by atoms with Crippen LogP contribution < -0.4 is 16.4 Å². The zero-order valence-corrected chi connectivity index (χ0v) is 11.9. The fraction of sp³-hybridized carbons (Fsp3) is 0.467. The molecule has 1 saturated carbocycles. The molecular formula is C15H21N3O2. The van der Waals surface area contributed by atoms with Gasteiger partial charge in [-0.3, -0.25) is 9.59 Å². The summed E-state index contributed by atoms with van der Waals surface area (Å²) in [7, 11) is 0. The van der Waals surface area contributed by atoms with Gasteiger partial charge in [-0.1, -0.05) is 6.92 Å². The van der Waals surface area contributed by atoms with Gasteiger partial charge in [0.15, 0.2) is 0 Å². The number of nitrogens with one attached hydrogen (secondary N) is 2. The minimum atomic E-state index is -0.876. The van der Waals surface area contributed by atoms with E-state index in [1.807, 2.05) is 6.92 Å². The van der Waals surface area contributed by atoms with Gasteiger partial charge in [-0.2, -0.15) is 0 Å². The van der Waals surface area contributed by atoms with Crippen molar-refractivity contribution in [3.05, 3.63) is 24.3 Å². The Hall–Kier alpha value is -1.88. The van der Waals surface area contributed by atoms with Gasteiger partial charge in [-0.05, 0) is 50.5 Å². The van der Waals surface area contributed by atoms with E-state index in [2.05, 4.69) is 10.6 Å². The zero-order chi connectivity index (χ0) is 14.8. The topological polar surface area (TPSA) is 84.2 Å². The Labute approximate surface area is 118 Å². The molecule has 5 nitrogen and oxygen atoms in total. The summed E-state index contributed by atoms with van der Waals surface area (Å²) in [6.45, 7) is 3.57. The van der Waals surface area contributed by atoms with Crippen molar-refractivity contribution < 1.29 is 9.59 Å². The summed E-state index contributed by atoms with van der Waals surface area (Å²) in [5, 5.41) is 5.62. The molecule has 1 aromatic rings. The molecule has 0 bridgehead atoms. The van der Waals surface area contributed by atoms with Crippen molar-refractivity contribution in [3.63, 3.8) is 0 Å². The summed E-state index contributed by atoms with van der Waals surface area (Å²) < 4.78 is 0. The van der Waals surface area contributed by atoms with Crippen LogP contribution in [0.5, 0.6) is 0 Å². The summed E-state index contributed by atoms with van der Waals surface area (Å²) in [5.41, 5.74) is 6.41. The first-order valence-corrected chi connectivity index (χ1v) is 6.93. The molecule has 1 atom stereocenters. The molecule has 1 unspecified atom stereocenters. The maximum atomic E-state index is 11.9. The van der Waals surface area contributed by atoms with Crippen LogP contribution in [-0.4, -0.2) is 17.4 Å². The molecule has 0 spiro atoms. The van der Waals surface area contributed by atoms with Crippen molar-refractivity contribution in [3.8, 4) is 0 Å². The molecule has 1 aliphatic rings. The summed E-state index contributed by atoms with van der Waals surface area (Å²) in [6, 6.07) is 7.06. The summed E-state index contributed by atoms with van der Waals surface area (Å²) >= 11 is 0. The average molecular weight is 275 g/mol. The fourth-order valence-electron chi connectivity index (χ4n) is 1.66. The first kappa shape index (κ1) is 14.5. The SMILES string of the molecule is CCC(C)(N)C(=O)Nc1ccc(NC(=O)C2CC2)cc1. The second-order valence-electron chi connectivity index (χ2n) is 5.57. The van der Waals surface area contributed by atoms with Gasteiger partial charge in [-0.15, -0.1) is 0 Å². The van der Waals surface area contributed by atoms with Gasteiger partial charge in [0, 0.05) is 17.3 Å². The van der Waals surface area contributed by atoms with Gasteiger partial charge in [0.05, 0.1) is 5.54 Å².